The highest BCUT2D eigenvalue weighted by atomic mass is 32.2. The van der Waals surface area contributed by atoms with Crippen molar-refractivity contribution in [3.63, 3.8) is 0 Å². The number of amides is 1. The number of imidazole rings is 1. The van der Waals surface area contributed by atoms with Crippen molar-refractivity contribution in [2.24, 2.45) is 7.05 Å². The molecule has 112 valence electrons. The third kappa shape index (κ3) is 3.35. The Morgan fingerprint density at radius 2 is 2.10 bits per heavy atom. The van der Waals surface area contributed by atoms with Crippen LogP contribution >= 0.6 is 0 Å². The molecule has 0 radical (unpaired) electrons. The van der Waals surface area contributed by atoms with E-state index in [9.17, 15) is 13.2 Å². The fourth-order valence-corrected chi connectivity index (χ4v) is 2.92. The number of carbonyl (C=O) groups is 1. The number of hydrogen-bond donors (Lipinski definition) is 2. The average molecular weight is 301 g/mol. The van der Waals surface area contributed by atoms with E-state index in [1.165, 1.54) is 6.20 Å². The second kappa shape index (κ2) is 5.90. The van der Waals surface area contributed by atoms with Crippen molar-refractivity contribution in [3.05, 3.63) is 12.0 Å². The van der Waals surface area contributed by atoms with Crippen molar-refractivity contribution in [3.8, 4) is 0 Å². The molecule has 9 heteroatoms. The molecule has 0 saturated carbocycles. The van der Waals surface area contributed by atoms with Gasteiger partial charge in [-0.15, -0.1) is 0 Å². The summed E-state index contributed by atoms with van der Waals surface area (Å²) < 4.78 is 27.9. The lowest BCUT2D eigenvalue weighted by atomic mass is 10.3. The molecule has 0 aromatic carbocycles. The maximum atomic E-state index is 12.0. The molecule has 0 spiro atoms. The predicted molar refractivity (Wildman–Crippen MR) is 72.6 cm³/mol. The van der Waals surface area contributed by atoms with E-state index in [0.717, 1.165) is 13.1 Å². The maximum Gasteiger partial charge on any atom is 0.260 e. The van der Waals surface area contributed by atoms with Crippen LogP contribution in [0.5, 0.6) is 0 Å². The summed E-state index contributed by atoms with van der Waals surface area (Å²) in [5.41, 5.74) is 0. The lowest BCUT2D eigenvalue weighted by Crippen LogP contribution is -2.49. The molecule has 2 heterocycles. The molecule has 2 N–H and O–H groups in total. The fraction of sp³-hybridized carbons (Fsp3) is 0.636. The molecule has 2 rings (SSSR count). The van der Waals surface area contributed by atoms with Crippen molar-refractivity contribution in [1.82, 2.24) is 24.5 Å². The van der Waals surface area contributed by atoms with Crippen LogP contribution in [0.25, 0.3) is 0 Å². The smallest absolute Gasteiger partial charge is 0.260 e. The molecule has 1 saturated heterocycles. The monoisotopic (exact) mass is 301 g/mol. The first-order chi connectivity index (χ1) is 9.40. The van der Waals surface area contributed by atoms with Gasteiger partial charge in [0, 0.05) is 39.4 Å². The van der Waals surface area contributed by atoms with E-state index in [4.69, 9.17) is 0 Å². The Kier molecular flexibility index (Phi) is 4.41. The molecule has 20 heavy (non-hydrogen) atoms. The Balaban J connectivity index is 1.96. The van der Waals surface area contributed by atoms with E-state index >= 15 is 0 Å². The van der Waals surface area contributed by atoms with Gasteiger partial charge in [-0.05, 0) is 6.92 Å². The SMILES string of the molecule is Cc1nc(S(=O)(=O)NCC(=O)N2CCNCC2)cn1C. The van der Waals surface area contributed by atoms with Crippen LogP contribution in [0, 0.1) is 6.92 Å². The van der Waals surface area contributed by atoms with Gasteiger partial charge in [-0.2, -0.15) is 0 Å². The third-order valence-corrected chi connectivity index (χ3v) is 4.52. The minimum atomic E-state index is -3.74. The van der Waals surface area contributed by atoms with Gasteiger partial charge in [0.15, 0.2) is 5.03 Å². The highest BCUT2D eigenvalue weighted by molar-refractivity contribution is 7.89. The molecular formula is C11H19N5O3S. The summed E-state index contributed by atoms with van der Waals surface area (Å²) in [6, 6.07) is 0. The van der Waals surface area contributed by atoms with Crippen molar-refractivity contribution >= 4 is 15.9 Å². The number of piperazine rings is 1. The van der Waals surface area contributed by atoms with Crippen molar-refractivity contribution in [2.75, 3.05) is 32.7 Å². The molecule has 1 aliphatic heterocycles. The molecule has 1 amide bonds. The standard InChI is InChI=1S/C11H19N5O3S/c1-9-14-10(8-15(9)2)20(18,19)13-7-11(17)16-5-3-12-4-6-16/h8,12-13H,3-7H2,1-2H3. The van der Waals surface area contributed by atoms with Gasteiger partial charge in [0.25, 0.3) is 10.0 Å². The summed E-state index contributed by atoms with van der Waals surface area (Å²) >= 11 is 0. The third-order valence-electron chi connectivity index (χ3n) is 3.24. The first kappa shape index (κ1) is 14.9. The number of aromatic nitrogens is 2. The van der Waals surface area contributed by atoms with Gasteiger partial charge in [-0.25, -0.2) is 18.1 Å². The highest BCUT2D eigenvalue weighted by Crippen LogP contribution is 2.07. The minimum absolute atomic E-state index is 0.0642. The molecule has 1 fully saturated rings. The van der Waals surface area contributed by atoms with Gasteiger partial charge in [0.05, 0.1) is 6.54 Å². The number of nitrogens with zero attached hydrogens (tertiary/aromatic N) is 3. The molecule has 1 aliphatic rings. The summed E-state index contributed by atoms with van der Waals surface area (Å²) in [6.45, 7) is 4.14. The van der Waals surface area contributed by atoms with Crippen LogP contribution in [0.1, 0.15) is 5.82 Å². The van der Waals surface area contributed by atoms with E-state index in [2.05, 4.69) is 15.0 Å². The topological polar surface area (TPSA) is 96.3 Å². The summed E-state index contributed by atoms with van der Waals surface area (Å²) in [4.78, 5) is 17.5. The second-order valence-corrected chi connectivity index (χ2v) is 6.41. The second-order valence-electron chi connectivity index (χ2n) is 4.69. The Labute approximate surface area is 118 Å². The van der Waals surface area contributed by atoms with Crippen molar-refractivity contribution < 1.29 is 13.2 Å². The Hall–Kier alpha value is -1.45. The zero-order valence-electron chi connectivity index (χ0n) is 11.6. The molecule has 0 atom stereocenters. The van der Waals surface area contributed by atoms with E-state index in [-0.39, 0.29) is 17.5 Å². The van der Waals surface area contributed by atoms with E-state index < -0.39 is 10.0 Å². The molecule has 0 aliphatic carbocycles. The van der Waals surface area contributed by atoms with Gasteiger partial charge >= 0.3 is 0 Å². The first-order valence-corrected chi connectivity index (χ1v) is 7.86. The number of hydrogen-bond acceptors (Lipinski definition) is 5. The molecule has 1 aromatic heterocycles. The summed E-state index contributed by atoms with van der Waals surface area (Å²) in [6.07, 6.45) is 1.42. The van der Waals surface area contributed by atoms with Crippen LogP contribution < -0.4 is 10.0 Å². The highest BCUT2D eigenvalue weighted by Gasteiger charge is 2.22. The largest absolute Gasteiger partial charge is 0.339 e. The minimum Gasteiger partial charge on any atom is -0.339 e. The number of rotatable bonds is 4. The quantitative estimate of drug-likeness (QED) is 0.701. The molecule has 8 nitrogen and oxygen atoms in total. The number of carbonyl (C=O) groups excluding carboxylic acids is 1. The Morgan fingerprint density at radius 1 is 1.45 bits per heavy atom. The number of aryl methyl sites for hydroxylation is 2. The average Bonchev–Trinajstić information content (AvgIpc) is 2.78. The number of sulfonamides is 1. The van der Waals surface area contributed by atoms with Crippen LogP contribution in [-0.2, 0) is 21.9 Å². The Bertz CT molecular complexity index is 570. The van der Waals surface area contributed by atoms with Crippen LogP contribution in [0.3, 0.4) is 0 Å². The van der Waals surface area contributed by atoms with Crippen LogP contribution in [0.15, 0.2) is 11.2 Å². The fourth-order valence-electron chi connectivity index (χ4n) is 1.91. The van der Waals surface area contributed by atoms with Crippen molar-refractivity contribution in [1.29, 1.82) is 0 Å². The molecule has 0 unspecified atom stereocenters. The van der Waals surface area contributed by atoms with E-state index in [1.807, 2.05) is 0 Å². The molecule has 0 bridgehead atoms. The normalized spacial score (nSPS) is 16.4. The van der Waals surface area contributed by atoms with Crippen LogP contribution in [0.4, 0.5) is 0 Å². The molecular weight excluding hydrogens is 282 g/mol. The summed E-state index contributed by atoms with van der Waals surface area (Å²) in [5, 5.41) is 3.07. The first-order valence-electron chi connectivity index (χ1n) is 6.38. The summed E-state index contributed by atoms with van der Waals surface area (Å²) in [5.74, 6) is 0.376. The zero-order chi connectivity index (χ0) is 14.8. The van der Waals surface area contributed by atoms with Gasteiger partial charge in [-0.3, -0.25) is 4.79 Å². The van der Waals surface area contributed by atoms with Gasteiger partial charge in [0.1, 0.15) is 5.82 Å². The lowest BCUT2D eigenvalue weighted by molar-refractivity contribution is -0.130. The zero-order valence-corrected chi connectivity index (χ0v) is 12.4. The van der Waals surface area contributed by atoms with Crippen LogP contribution in [0.2, 0.25) is 0 Å². The lowest BCUT2D eigenvalue weighted by Gasteiger charge is -2.27. The van der Waals surface area contributed by atoms with Gasteiger partial charge in [0.2, 0.25) is 5.91 Å². The molecule has 1 aromatic rings. The van der Waals surface area contributed by atoms with Gasteiger partial charge in [-0.1, -0.05) is 0 Å². The van der Waals surface area contributed by atoms with E-state index in [1.54, 1.807) is 23.4 Å². The maximum absolute atomic E-state index is 12.0. The van der Waals surface area contributed by atoms with Crippen molar-refractivity contribution in [2.45, 2.75) is 11.9 Å². The van der Waals surface area contributed by atoms with Gasteiger partial charge < -0.3 is 14.8 Å². The van der Waals surface area contributed by atoms with E-state index in [0.29, 0.717) is 18.9 Å². The number of nitrogens with one attached hydrogen (secondary N) is 2. The van der Waals surface area contributed by atoms with Crippen LogP contribution in [-0.4, -0.2) is 61.5 Å². The summed E-state index contributed by atoms with van der Waals surface area (Å²) in [7, 11) is -2.03. The Morgan fingerprint density at radius 3 is 2.65 bits per heavy atom. The predicted octanol–water partition coefficient (Wildman–Crippen LogP) is -1.56.